The summed E-state index contributed by atoms with van der Waals surface area (Å²) in [4.78, 5) is 1.54. The van der Waals surface area contributed by atoms with Gasteiger partial charge in [-0.1, -0.05) is 32.0 Å². The summed E-state index contributed by atoms with van der Waals surface area (Å²) in [5.41, 5.74) is 1.16. The maximum absolute atomic E-state index is 13.0. The van der Waals surface area contributed by atoms with Crippen molar-refractivity contribution in [3.63, 3.8) is 0 Å². The number of hydrogen-bond donors (Lipinski definition) is 0. The maximum atomic E-state index is 13.0. The van der Waals surface area contributed by atoms with Crippen LogP contribution in [-0.2, 0) is 10.0 Å². The zero-order valence-electron chi connectivity index (χ0n) is 12.9. The standard InChI is InChI=1S/C17H21NO2S2/c1-13(2)14-7-9-15(10-8-14)22(19,20)18-11-3-5-16(18)17-6-4-12-21-17/h4,6-10,12-13,16H,3,5,11H2,1-2H3. The van der Waals surface area contributed by atoms with E-state index in [4.69, 9.17) is 0 Å². The van der Waals surface area contributed by atoms with Crippen molar-refractivity contribution in [3.8, 4) is 0 Å². The molecule has 0 amide bonds. The topological polar surface area (TPSA) is 37.4 Å². The van der Waals surface area contributed by atoms with Crippen molar-refractivity contribution in [1.29, 1.82) is 0 Å². The van der Waals surface area contributed by atoms with Gasteiger partial charge in [0, 0.05) is 11.4 Å². The Balaban J connectivity index is 1.91. The van der Waals surface area contributed by atoms with E-state index in [9.17, 15) is 8.42 Å². The zero-order valence-corrected chi connectivity index (χ0v) is 14.5. The smallest absolute Gasteiger partial charge is 0.207 e. The highest BCUT2D eigenvalue weighted by Crippen LogP contribution is 2.38. The van der Waals surface area contributed by atoms with Crippen LogP contribution in [0.4, 0.5) is 0 Å². The minimum atomic E-state index is -3.42. The normalized spacial score (nSPS) is 19.9. The van der Waals surface area contributed by atoms with Crippen LogP contribution in [0.1, 0.15) is 49.1 Å². The van der Waals surface area contributed by atoms with Crippen LogP contribution in [0, 0.1) is 0 Å². The lowest BCUT2D eigenvalue weighted by atomic mass is 10.0. The second-order valence-electron chi connectivity index (χ2n) is 6.01. The van der Waals surface area contributed by atoms with Gasteiger partial charge in [0.1, 0.15) is 0 Å². The first-order chi connectivity index (χ1) is 10.5. The van der Waals surface area contributed by atoms with Crippen LogP contribution in [0.25, 0.3) is 0 Å². The molecule has 1 aromatic heterocycles. The molecule has 0 N–H and O–H groups in total. The van der Waals surface area contributed by atoms with Gasteiger partial charge < -0.3 is 0 Å². The number of benzene rings is 1. The minimum absolute atomic E-state index is 0.00484. The average Bonchev–Trinajstić information content (AvgIpc) is 3.18. The van der Waals surface area contributed by atoms with Crippen molar-refractivity contribution in [2.24, 2.45) is 0 Å². The highest BCUT2D eigenvalue weighted by molar-refractivity contribution is 7.89. The molecule has 0 bridgehead atoms. The van der Waals surface area contributed by atoms with E-state index in [0.29, 0.717) is 17.4 Å². The van der Waals surface area contributed by atoms with E-state index in [0.717, 1.165) is 23.3 Å². The van der Waals surface area contributed by atoms with Crippen molar-refractivity contribution in [3.05, 3.63) is 52.2 Å². The molecule has 22 heavy (non-hydrogen) atoms. The number of thiophene rings is 1. The van der Waals surface area contributed by atoms with E-state index in [1.165, 1.54) is 0 Å². The minimum Gasteiger partial charge on any atom is -0.207 e. The SMILES string of the molecule is CC(C)c1ccc(S(=O)(=O)N2CCCC2c2cccs2)cc1. The molecule has 2 aromatic rings. The lowest BCUT2D eigenvalue weighted by Crippen LogP contribution is -2.30. The van der Waals surface area contributed by atoms with Crippen LogP contribution in [-0.4, -0.2) is 19.3 Å². The molecule has 0 spiro atoms. The van der Waals surface area contributed by atoms with E-state index in [1.54, 1.807) is 27.8 Å². The fourth-order valence-corrected chi connectivity index (χ4v) is 5.57. The van der Waals surface area contributed by atoms with Gasteiger partial charge in [0.15, 0.2) is 0 Å². The van der Waals surface area contributed by atoms with Gasteiger partial charge in [-0.3, -0.25) is 0 Å². The molecule has 3 nitrogen and oxygen atoms in total. The predicted molar refractivity (Wildman–Crippen MR) is 90.7 cm³/mol. The summed E-state index contributed by atoms with van der Waals surface area (Å²) < 4.78 is 27.6. The Bertz CT molecular complexity index is 719. The summed E-state index contributed by atoms with van der Waals surface area (Å²) >= 11 is 1.64. The molecule has 118 valence electrons. The van der Waals surface area contributed by atoms with Crippen LogP contribution in [0.3, 0.4) is 0 Å². The first-order valence-corrected chi connectivity index (χ1v) is 9.97. The fourth-order valence-electron chi connectivity index (χ4n) is 2.95. The Morgan fingerprint density at radius 3 is 2.50 bits per heavy atom. The summed E-state index contributed by atoms with van der Waals surface area (Å²) in [7, 11) is -3.42. The Labute approximate surface area is 136 Å². The van der Waals surface area contributed by atoms with Crippen molar-refractivity contribution in [1.82, 2.24) is 4.31 Å². The summed E-state index contributed by atoms with van der Waals surface area (Å²) in [5, 5.41) is 2.01. The molecular formula is C17H21NO2S2. The third-order valence-electron chi connectivity index (χ3n) is 4.23. The first kappa shape index (κ1) is 15.7. The van der Waals surface area contributed by atoms with Gasteiger partial charge in [-0.2, -0.15) is 4.31 Å². The monoisotopic (exact) mass is 335 g/mol. The van der Waals surface area contributed by atoms with E-state index in [-0.39, 0.29) is 6.04 Å². The molecule has 0 aliphatic carbocycles. The van der Waals surface area contributed by atoms with Crippen LogP contribution < -0.4 is 0 Å². The number of hydrogen-bond acceptors (Lipinski definition) is 3. The van der Waals surface area contributed by atoms with E-state index in [2.05, 4.69) is 13.8 Å². The van der Waals surface area contributed by atoms with E-state index >= 15 is 0 Å². The number of sulfonamides is 1. The van der Waals surface area contributed by atoms with Gasteiger partial charge in [0.25, 0.3) is 0 Å². The van der Waals surface area contributed by atoms with Crippen LogP contribution in [0.15, 0.2) is 46.7 Å². The van der Waals surface area contributed by atoms with Gasteiger partial charge >= 0.3 is 0 Å². The lowest BCUT2D eigenvalue weighted by molar-refractivity contribution is 0.401. The quantitative estimate of drug-likeness (QED) is 0.830. The third-order valence-corrected chi connectivity index (χ3v) is 7.12. The summed E-state index contributed by atoms with van der Waals surface area (Å²) in [6.07, 6.45) is 1.83. The molecule has 1 aliphatic rings. The molecule has 1 fully saturated rings. The molecule has 1 unspecified atom stereocenters. The molecule has 0 radical (unpaired) electrons. The molecule has 3 rings (SSSR count). The van der Waals surface area contributed by atoms with Crippen LogP contribution in [0.5, 0.6) is 0 Å². The van der Waals surface area contributed by atoms with Gasteiger partial charge in [0.2, 0.25) is 10.0 Å². The molecule has 1 aliphatic heterocycles. The third kappa shape index (κ3) is 2.85. The maximum Gasteiger partial charge on any atom is 0.243 e. The van der Waals surface area contributed by atoms with E-state index < -0.39 is 10.0 Å². The Morgan fingerprint density at radius 2 is 1.91 bits per heavy atom. The Morgan fingerprint density at radius 1 is 1.18 bits per heavy atom. The molecular weight excluding hydrogens is 314 g/mol. The summed E-state index contributed by atoms with van der Waals surface area (Å²) in [6, 6.07) is 11.4. The molecule has 5 heteroatoms. The first-order valence-electron chi connectivity index (χ1n) is 7.65. The summed E-state index contributed by atoms with van der Waals surface area (Å²) in [6.45, 7) is 4.82. The second-order valence-corrected chi connectivity index (χ2v) is 8.88. The lowest BCUT2D eigenvalue weighted by Gasteiger charge is -2.23. The Hall–Kier alpha value is -1.17. The fraction of sp³-hybridized carbons (Fsp3) is 0.412. The second kappa shape index (κ2) is 6.14. The van der Waals surface area contributed by atoms with Gasteiger partial charge in [-0.15, -0.1) is 11.3 Å². The summed E-state index contributed by atoms with van der Waals surface area (Å²) in [5.74, 6) is 0.405. The molecule has 2 heterocycles. The predicted octanol–water partition coefficient (Wildman–Crippen LogP) is 4.40. The van der Waals surface area contributed by atoms with Crippen molar-refractivity contribution in [2.45, 2.75) is 43.5 Å². The Kier molecular flexibility index (Phi) is 4.39. The molecule has 0 saturated carbocycles. The van der Waals surface area contributed by atoms with Gasteiger partial charge in [0.05, 0.1) is 10.9 Å². The van der Waals surface area contributed by atoms with Crippen molar-refractivity contribution < 1.29 is 8.42 Å². The molecule has 1 aromatic carbocycles. The van der Waals surface area contributed by atoms with Crippen molar-refractivity contribution >= 4 is 21.4 Å². The number of nitrogens with zero attached hydrogens (tertiary/aromatic N) is 1. The van der Waals surface area contributed by atoms with Gasteiger partial charge in [-0.05, 0) is 47.9 Å². The average molecular weight is 335 g/mol. The highest BCUT2D eigenvalue weighted by atomic mass is 32.2. The zero-order chi connectivity index (χ0) is 15.7. The van der Waals surface area contributed by atoms with Crippen LogP contribution in [0.2, 0.25) is 0 Å². The van der Waals surface area contributed by atoms with Crippen molar-refractivity contribution in [2.75, 3.05) is 6.54 Å². The van der Waals surface area contributed by atoms with Gasteiger partial charge in [-0.25, -0.2) is 8.42 Å². The van der Waals surface area contributed by atoms with E-state index in [1.807, 2.05) is 29.6 Å². The number of rotatable bonds is 4. The molecule has 1 atom stereocenters. The molecule has 1 saturated heterocycles. The highest BCUT2D eigenvalue weighted by Gasteiger charge is 2.36. The van der Waals surface area contributed by atoms with Crippen LogP contribution >= 0.6 is 11.3 Å². The largest absolute Gasteiger partial charge is 0.243 e.